The number of ether oxygens (including phenoxy) is 1. The number of aldehydes is 1. The van der Waals surface area contributed by atoms with E-state index in [1.54, 1.807) is 0 Å². The first-order chi connectivity index (χ1) is 7.36. The first-order valence-corrected chi connectivity index (χ1v) is 4.92. The molecule has 0 atom stereocenters. The number of halogens is 1. The van der Waals surface area contributed by atoms with E-state index in [1.807, 2.05) is 0 Å². The fraction of sp³-hybridized carbons (Fsp3) is 0.273. The molecular weight excluding hydrogens is 232 g/mol. The molecule has 0 aliphatic carbocycles. The third kappa shape index (κ3) is 2.73. The van der Waals surface area contributed by atoms with Gasteiger partial charge in [-0.3, -0.25) is 4.79 Å². The number of carboxylic acids is 1. The first-order valence-electron chi connectivity index (χ1n) is 4.54. The van der Waals surface area contributed by atoms with Crippen LogP contribution in [0.2, 0.25) is 5.02 Å². The summed E-state index contributed by atoms with van der Waals surface area (Å²) in [5, 5.41) is 9.08. The lowest BCUT2D eigenvalue weighted by Gasteiger charge is -2.22. The molecule has 4 nitrogen and oxygen atoms in total. The molecule has 0 bridgehead atoms. The average Bonchev–Trinajstić information content (AvgIpc) is 2.20. The van der Waals surface area contributed by atoms with Gasteiger partial charge in [-0.25, -0.2) is 4.79 Å². The summed E-state index contributed by atoms with van der Waals surface area (Å²) >= 11 is 5.84. The predicted octanol–water partition coefficient (Wildman–Crippen LogP) is 2.39. The second kappa shape index (κ2) is 4.53. The van der Waals surface area contributed by atoms with Gasteiger partial charge in [-0.2, -0.15) is 0 Å². The summed E-state index contributed by atoms with van der Waals surface area (Å²) in [4.78, 5) is 21.3. The molecule has 0 aliphatic rings. The summed E-state index contributed by atoms with van der Waals surface area (Å²) < 4.78 is 5.25. The molecule has 1 aromatic rings. The van der Waals surface area contributed by atoms with E-state index in [0.29, 0.717) is 11.8 Å². The van der Waals surface area contributed by atoms with Crippen molar-refractivity contribution in [3.8, 4) is 5.75 Å². The zero-order valence-corrected chi connectivity index (χ0v) is 9.62. The summed E-state index contributed by atoms with van der Waals surface area (Å²) in [5.41, 5.74) is -0.961. The largest absolute Gasteiger partial charge is 0.478 e. The molecule has 0 aromatic heterocycles. The summed E-state index contributed by atoms with van der Waals surface area (Å²) in [6.07, 6.45) is 0.651. The molecule has 0 aliphatic heterocycles. The molecule has 0 unspecified atom stereocenters. The Labute approximate surface area is 97.8 Å². The second-order valence-electron chi connectivity index (χ2n) is 3.73. The normalized spacial score (nSPS) is 10.9. The minimum absolute atomic E-state index is 0.207. The van der Waals surface area contributed by atoms with Gasteiger partial charge < -0.3 is 9.84 Å². The van der Waals surface area contributed by atoms with Gasteiger partial charge in [0.2, 0.25) is 0 Å². The van der Waals surface area contributed by atoms with Crippen molar-refractivity contribution in [2.75, 3.05) is 0 Å². The van der Waals surface area contributed by atoms with Crippen LogP contribution < -0.4 is 4.74 Å². The number of carboxylic acid groups (broad SMARTS) is 1. The Hall–Kier alpha value is -1.55. The van der Waals surface area contributed by atoms with Crippen LogP contribution in [-0.2, 0) is 4.79 Å². The van der Waals surface area contributed by atoms with Crippen molar-refractivity contribution in [3.63, 3.8) is 0 Å². The van der Waals surface area contributed by atoms with Crippen molar-refractivity contribution < 1.29 is 19.4 Å². The van der Waals surface area contributed by atoms with E-state index >= 15 is 0 Å². The SMILES string of the molecule is CC(C)(Oc1ccc(C=O)cc1Cl)C(=O)O. The zero-order valence-electron chi connectivity index (χ0n) is 8.86. The van der Waals surface area contributed by atoms with Crippen LogP contribution in [0, 0.1) is 0 Å². The van der Waals surface area contributed by atoms with Crippen LogP contribution in [0.15, 0.2) is 18.2 Å². The van der Waals surface area contributed by atoms with Crippen LogP contribution in [0.5, 0.6) is 5.75 Å². The Kier molecular flexibility index (Phi) is 3.55. The molecule has 0 saturated heterocycles. The van der Waals surface area contributed by atoms with Gasteiger partial charge in [-0.05, 0) is 32.0 Å². The van der Waals surface area contributed by atoms with E-state index in [1.165, 1.54) is 32.0 Å². The quantitative estimate of drug-likeness (QED) is 0.824. The maximum atomic E-state index is 10.8. The molecule has 0 heterocycles. The highest BCUT2D eigenvalue weighted by Crippen LogP contribution is 2.28. The predicted molar refractivity (Wildman–Crippen MR) is 59.2 cm³/mol. The number of rotatable bonds is 4. The standard InChI is InChI=1S/C11H11ClO4/c1-11(2,10(14)15)16-9-4-3-7(6-13)5-8(9)12/h3-6H,1-2H3,(H,14,15). The molecule has 86 valence electrons. The molecule has 0 fully saturated rings. The fourth-order valence-corrected chi connectivity index (χ4v) is 1.22. The second-order valence-corrected chi connectivity index (χ2v) is 4.13. The first kappa shape index (κ1) is 12.5. The Bertz CT molecular complexity index is 426. The zero-order chi connectivity index (χ0) is 12.3. The van der Waals surface area contributed by atoms with Gasteiger partial charge in [0.05, 0.1) is 5.02 Å². The number of carbonyl (C=O) groups excluding carboxylic acids is 1. The number of hydrogen-bond acceptors (Lipinski definition) is 3. The summed E-state index contributed by atoms with van der Waals surface area (Å²) in [6.45, 7) is 2.83. The molecule has 0 amide bonds. The van der Waals surface area contributed by atoms with Crippen LogP contribution in [0.1, 0.15) is 24.2 Å². The highest BCUT2D eigenvalue weighted by atomic mass is 35.5. The van der Waals surface area contributed by atoms with E-state index in [-0.39, 0.29) is 10.8 Å². The molecule has 1 rings (SSSR count). The number of aliphatic carboxylic acids is 1. The Morgan fingerprint density at radius 2 is 2.12 bits per heavy atom. The molecule has 0 radical (unpaired) electrons. The van der Waals surface area contributed by atoms with Crippen molar-refractivity contribution in [1.82, 2.24) is 0 Å². The minimum atomic E-state index is -1.37. The number of carbonyl (C=O) groups is 2. The van der Waals surface area contributed by atoms with Crippen molar-refractivity contribution in [2.24, 2.45) is 0 Å². The fourth-order valence-electron chi connectivity index (χ4n) is 0.992. The molecule has 16 heavy (non-hydrogen) atoms. The van der Waals surface area contributed by atoms with E-state index < -0.39 is 11.6 Å². The van der Waals surface area contributed by atoms with Crippen LogP contribution in [0.25, 0.3) is 0 Å². The van der Waals surface area contributed by atoms with Gasteiger partial charge in [0.15, 0.2) is 5.60 Å². The van der Waals surface area contributed by atoms with E-state index in [4.69, 9.17) is 21.4 Å². The number of hydrogen-bond donors (Lipinski definition) is 1. The Morgan fingerprint density at radius 1 is 1.50 bits per heavy atom. The summed E-state index contributed by atoms with van der Waals surface area (Å²) in [6, 6.07) is 4.39. The number of benzene rings is 1. The van der Waals surface area contributed by atoms with Crippen LogP contribution in [0.3, 0.4) is 0 Å². The maximum Gasteiger partial charge on any atom is 0.347 e. The van der Waals surface area contributed by atoms with Gasteiger partial charge in [0.1, 0.15) is 12.0 Å². The Morgan fingerprint density at radius 3 is 2.56 bits per heavy atom. The van der Waals surface area contributed by atoms with Crippen LogP contribution >= 0.6 is 11.6 Å². The van der Waals surface area contributed by atoms with E-state index in [0.717, 1.165) is 0 Å². The van der Waals surface area contributed by atoms with Crippen molar-refractivity contribution in [3.05, 3.63) is 28.8 Å². The minimum Gasteiger partial charge on any atom is -0.478 e. The molecule has 5 heteroatoms. The molecule has 1 N–H and O–H groups in total. The van der Waals surface area contributed by atoms with E-state index in [2.05, 4.69) is 0 Å². The monoisotopic (exact) mass is 242 g/mol. The van der Waals surface area contributed by atoms with Crippen LogP contribution in [0.4, 0.5) is 0 Å². The van der Waals surface area contributed by atoms with Crippen molar-refractivity contribution in [2.45, 2.75) is 19.4 Å². The summed E-state index contributed by atoms with van der Waals surface area (Å²) in [5.74, 6) is -0.859. The van der Waals surface area contributed by atoms with Gasteiger partial charge in [0, 0.05) is 5.56 Å². The van der Waals surface area contributed by atoms with Crippen LogP contribution in [-0.4, -0.2) is 23.0 Å². The maximum absolute atomic E-state index is 10.8. The molecule has 0 saturated carbocycles. The molecular formula is C11H11ClO4. The Balaban J connectivity index is 2.98. The van der Waals surface area contributed by atoms with Crippen molar-refractivity contribution >= 4 is 23.9 Å². The highest BCUT2D eigenvalue weighted by molar-refractivity contribution is 6.32. The molecule has 0 spiro atoms. The van der Waals surface area contributed by atoms with Gasteiger partial charge in [-0.15, -0.1) is 0 Å². The topological polar surface area (TPSA) is 63.6 Å². The smallest absolute Gasteiger partial charge is 0.347 e. The molecule has 1 aromatic carbocycles. The van der Waals surface area contributed by atoms with E-state index in [9.17, 15) is 9.59 Å². The third-order valence-electron chi connectivity index (χ3n) is 1.97. The van der Waals surface area contributed by atoms with Gasteiger partial charge in [0.25, 0.3) is 0 Å². The van der Waals surface area contributed by atoms with Gasteiger partial charge >= 0.3 is 5.97 Å². The third-order valence-corrected chi connectivity index (χ3v) is 2.27. The lowest BCUT2D eigenvalue weighted by molar-refractivity contribution is -0.152. The lowest BCUT2D eigenvalue weighted by Crippen LogP contribution is -2.37. The van der Waals surface area contributed by atoms with Crippen molar-refractivity contribution in [1.29, 1.82) is 0 Å². The highest BCUT2D eigenvalue weighted by Gasteiger charge is 2.30. The lowest BCUT2D eigenvalue weighted by atomic mass is 10.1. The summed E-state index contributed by atoms with van der Waals surface area (Å²) in [7, 11) is 0. The van der Waals surface area contributed by atoms with Gasteiger partial charge in [-0.1, -0.05) is 11.6 Å². The average molecular weight is 243 g/mol.